The Bertz CT molecular complexity index is 3170. The number of aryl methyl sites for hydroxylation is 5. The highest BCUT2D eigenvalue weighted by atomic mass is 79.9. The summed E-state index contributed by atoms with van der Waals surface area (Å²) in [5.41, 5.74) is 10.6. The lowest BCUT2D eigenvalue weighted by Crippen LogP contribution is -2.15. The molecule has 0 aliphatic carbocycles. The molecule has 0 unspecified atom stereocenters. The van der Waals surface area contributed by atoms with E-state index in [1.807, 2.05) is 78.9 Å². The Morgan fingerprint density at radius 1 is 0.453 bits per heavy atom. The fourth-order valence-corrected chi connectivity index (χ4v) is 8.59. The summed E-state index contributed by atoms with van der Waals surface area (Å²) in [6, 6.07) is 51.4. The smallest absolute Gasteiger partial charge is 0.335 e. The van der Waals surface area contributed by atoms with Gasteiger partial charge in [0.25, 0.3) is 17.7 Å². The second kappa shape index (κ2) is 42.4. The number of aromatic carboxylic acids is 1. The first-order chi connectivity index (χ1) is 41.5. The van der Waals surface area contributed by atoms with Crippen LogP contribution in [0.5, 0.6) is 0 Å². The van der Waals surface area contributed by atoms with Crippen LogP contribution in [0.1, 0.15) is 102 Å². The van der Waals surface area contributed by atoms with E-state index < -0.39 is 23.8 Å². The molecule has 0 bridgehead atoms. The van der Waals surface area contributed by atoms with Crippen molar-refractivity contribution in [3.05, 3.63) is 247 Å². The highest BCUT2D eigenvalue weighted by Crippen LogP contribution is 2.21. The number of aliphatic hydroxyl groups excluding tert-OH is 4. The van der Waals surface area contributed by atoms with Crippen LogP contribution in [-0.4, -0.2) is 105 Å². The van der Waals surface area contributed by atoms with Crippen LogP contribution in [0.15, 0.2) is 191 Å². The number of para-hydroxylation sites is 2. The van der Waals surface area contributed by atoms with Gasteiger partial charge in [-0.05, 0) is 182 Å². The van der Waals surface area contributed by atoms with Crippen LogP contribution in [0.3, 0.4) is 0 Å². The lowest BCUT2D eigenvalue weighted by Gasteiger charge is -2.09. The Labute approximate surface area is 518 Å². The molecule has 7 aromatic carbocycles. The second-order valence-corrected chi connectivity index (χ2v) is 20.4. The molecule has 86 heavy (non-hydrogen) atoms. The Hall–Kier alpha value is -8.40. The van der Waals surface area contributed by atoms with Gasteiger partial charge in [-0.2, -0.15) is 0 Å². The van der Waals surface area contributed by atoms with Gasteiger partial charge in [0.2, 0.25) is 0 Å². The van der Waals surface area contributed by atoms with Crippen molar-refractivity contribution in [1.82, 2.24) is 5.48 Å². The zero-order valence-electron chi connectivity index (χ0n) is 47.6. The highest BCUT2D eigenvalue weighted by Gasteiger charge is 2.11. The second-order valence-electron chi connectivity index (χ2n) is 18.6. The molecule has 0 radical (unpaired) electrons. The zero-order valence-corrected chi connectivity index (χ0v) is 50.8. The number of aliphatic hydroxyl groups is 4. The molecule has 17 nitrogen and oxygen atoms in total. The number of carbonyl (C=O) groups excluding carboxylic acids is 4. The van der Waals surface area contributed by atoms with Crippen LogP contribution in [0.2, 0.25) is 0 Å². The number of amides is 3. The third kappa shape index (κ3) is 29.9. The van der Waals surface area contributed by atoms with E-state index in [2.05, 4.69) is 59.4 Å². The number of esters is 1. The van der Waals surface area contributed by atoms with E-state index in [0.29, 0.717) is 71.3 Å². The number of carbonyl (C=O) groups is 6. The number of halogens is 2. The van der Waals surface area contributed by atoms with Crippen molar-refractivity contribution in [3.63, 3.8) is 0 Å². The molecule has 7 rings (SSSR count). The van der Waals surface area contributed by atoms with Crippen LogP contribution in [0, 0.1) is 0 Å². The van der Waals surface area contributed by atoms with Crippen molar-refractivity contribution in [2.24, 2.45) is 0 Å². The molecule has 0 saturated heterocycles. The number of hydrogen-bond acceptors (Lipinski definition) is 12. The molecule has 10 N–H and O–H groups in total. The molecule has 0 aliphatic rings. The Morgan fingerprint density at radius 3 is 1.19 bits per heavy atom. The summed E-state index contributed by atoms with van der Waals surface area (Å²) >= 11 is 6.71. The molecule has 3 amide bonds. The fraction of sp³-hybridized carbons (Fsp3) is 0.224. The number of methoxy groups -OCH3 is 1. The summed E-state index contributed by atoms with van der Waals surface area (Å²) in [6.45, 7) is 0.637. The summed E-state index contributed by atoms with van der Waals surface area (Å²) in [7, 11) is 1.31. The number of carboxylic acid groups (broad SMARTS) is 2. The van der Waals surface area contributed by atoms with Crippen LogP contribution >= 0.6 is 31.9 Å². The van der Waals surface area contributed by atoms with Gasteiger partial charge in [0.05, 0.1) is 12.7 Å². The first-order valence-corrected chi connectivity index (χ1v) is 28.9. The maximum absolute atomic E-state index is 12.5. The number of benzene rings is 7. The summed E-state index contributed by atoms with van der Waals surface area (Å²) in [6.07, 6.45) is 12.3. The van der Waals surface area contributed by atoms with Crippen LogP contribution in [0.4, 0.5) is 11.4 Å². The average Bonchev–Trinajstić information content (AvgIpc) is 3.73. The average molecular weight is 1300 g/mol. The van der Waals surface area contributed by atoms with Gasteiger partial charge in [0.15, 0.2) is 0 Å². The van der Waals surface area contributed by atoms with E-state index in [9.17, 15) is 28.8 Å². The highest BCUT2D eigenvalue weighted by molar-refractivity contribution is 9.10. The van der Waals surface area contributed by atoms with E-state index in [1.165, 1.54) is 36.4 Å². The molecule has 19 heteroatoms. The molecule has 7 aromatic rings. The maximum Gasteiger partial charge on any atom is 0.335 e. The van der Waals surface area contributed by atoms with E-state index in [0.717, 1.165) is 56.9 Å². The molecule has 0 fully saturated rings. The lowest BCUT2D eigenvalue weighted by molar-refractivity contribution is -0.137. The maximum atomic E-state index is 12.5. The molecule has 0 saturated carbocycles. The zero-order chi connectivity index (χ0) is 62.9. The predicted octanol–water partition coefficient (Wildman–Crippen LogP) is 11.6. The number of rotatable bonds is 24. The summed E-state index contributed by atoms with van der Waals surface area (Å²) in [4.78, 5) is 68.2. The fourth-order valence-electron chi connectivity index (χ4n) is 7.69. The number of hydroxylamine groups is 1. The molecule has 0 aliphatic heterocycles. The number of ether oxygens (including phenoxy) is 1. The van der Waals surface area contributed by atoms with Gasteiger partial charge >= 0.3 is 17.9 Å². The van der Waals surface area contributed by atoms with Gasteiger partial charge in [-0.3, -0.25) is 24.4 Å². The largest absolute Gasteiger partial charge is 0.481 e. The van der Waals surface area contributed by atoms with Crippen LogP contribution < -0.4 is 16.1 Å². The van der Waals surface area contributed by atoms with E-state index in [-0.39, 0.29) is 44.7 Å². The van der Waals surface area contributed by atoms with E-state index in [4.69, 9.17) is 35.8 Å². The summed E-state index contributed by atoms with van der Waals surface area (Å²) < 4.78 is 6.67. The van der Waals surface area contributed by atoms with Crippen molar-refractivity contribution >= 4 is 91.0 Å². The van der Waals surface area contributed by atoms with Gasteiger partial charge in [0, 0.05) is 76.4 Å². The van der Waals surface area contributed by atoms with E-state index >= 15 is 0 Å². The Kier molecular flexibility index (Phi) is 35.4. The number of hydrogen-bond donors (Lipinski definition) is 10. The monoisotopic (exact) mass is 1300 g/mol. The molecule has 0 atom stereocenters. The molecule has 0 heterocycles. The van der Waals surface area contributed by atoms with Gasteiger partial charge in [-0.15, -0.1) is 0 Å². The molecule has 0 spiro atoms. The normalized spacial score (nSPS) is 10.3. The minimum atomic E-state index is -0.911. The Morgan fingerprint density at radius 2 is 0.814 bits per heavy atom. The number of aliphatic carboxylic acids is 1. The SMILES string of the molecule is COC(=O)/C=C/c1ccccc1NC(=O)c1cccc(CCCO)c1.O=C(/C=C/c1ccccc1NC(=O)c1cccc(CCCO)c1)NO.O=C(O)CCc1cccc(Br)c1.O=C(O)c1cccc(CCCO)c1.OCCCc1cccc(Br)c1. The van der Waals surface area contributed by atoms with Crippen molar-refractivity contribution < 1.29 is 69.4 Å². The molecular formula is C67H73Br2N3O14. The van der Waals surface area contributed by atoms with Crippen LogP contribution in [-0.2, 0) is 51.2 Å². The summed E-state index contributed by atoms with van der Waals surface area (Å²) in [5, 5.41) is 66.3. The topological polar surface area (TPSA) is 289 Å². The third-order valence-electron chi connectivity index (χ3n) is 12.0. The van der Waals surface area contributed by atoms with E-state index in [1.54, 1.807) is 84.9 Å². The predicted molar refractivity (Wildman–Crippen MR) is 341 cm³/mol. The number of anilines is 2. The van der Waals surface area contributed by atoms with Crippen molar-refractivity contribution in [3.8, 4) is 0 Å². The van der Waals surface area contributed by atoms with Gasteiger partial charge < -0.3 is 46.0 Å². The molecular weight excluding hydrogens is 1230 g/mol. The molecule has 0 aromatic heterocycles. The number of nitrogens with one attached hydrogen (secondary N) is 3. The first kappa shape index (κ1) is 71.9. The standard InChI is InChI=1S/C20H21NO4.C19H20N2O4.C10H12O3.C9H9BrO2.C9H11BrO/c1-25-19(23)12-11-16-8-2-3-10-18(16)21-20(24)17-9-4-6-15(14-17)7-5-13-22;22-12-4-6-14-5-3-8-16(13-14)19(24)20-17-9-2-1-7-15(17)10-11-18(23)21-25;11-6-2-4-8-3-1-5-9(7-8)10(12)13;10-8-3-1-2-7(6-8)4-5-9(11)12;10-9-5-1-3-8(7-9)4-2-6-11/h2-4,6,8-12,14,22H,5,7,13H2,1H3,(H,21,24);1-3,5,7-11,13,22,25H,4,6,12H2,(H,20,24)(H,21,23);1,3,5,7,11H,2,4,6H2,(H,12,13);1-3,6H,4-5H2,(H,11,12);1,3,5,7,11H,2,4,6H2/b12-11+;11-10+;;;. The van der Waals surface area contributed by atoms with Crippen LogP contribution in [0.25, 0.3) is 12.2 Å². The van der Waals surface area contributed by atoms with Crippen molar-refractivity contribution in [2.75, 3.05) is 44.2 Å². The quantitative estimate of drug-likeness (QED) is 0.0117. The Balaban J connectivity index is 0.000000295. The molecule has 454 valence electrons. The van der Waals surface area contributed by atoms with Gasteiger partial charge in [0.1, 0.15) is 0 Å². The lowest BCUT2D eigenvalue weighted by atomic mass is 10.1. The van der Waals surface area contributed by atoms with Gasteiger partial charge in [-0.1, -0.05) is 129 Å². The third-order valence-corrected chi connectivity index (χ3v) is 13.0. The van der Waals surface area contributed by atoms with Crippen molar-refractivity contribution in [1.29, 1.82) is 0 Å². The number of carboxylic acids is 2. The first-order valence-electron chi connectivity index (χ1n) is 27.4. The summed E-state index contributed by atoms with van der Waals surface area (Å²) in [5.74, 6) is -3.28. The van der Waals surface area contributed by atoms with Gasteiger partial charge in [-0.25, -0.2) is 15.1 Å². The minimum Gasteiger partial charge on any atom is -0.481 e. The van der Waals surface area contributed by atoms with Crippen molar-refractivity contribution in [2.45, 2.75) is 64.2 Å². The minimum absolute atomic E-state index is 0.109.